The van der Waals surface area contributed by atoms with Gasteiger partial charge in [-0.2, -0.15) is 5.10 Å². The molecule has 1 unspecified atom stereocenters. The standard InChI is InChI=1S/C22H27N7O2S/c1-13(15-3-4-15)24-19-11-18(21(31)28-7-5-16(6-8-28)25-14(2)30)26-20(27-19)17-12-23-29-9-10-32-22(17)29/h9-13,15-16H,3-8H2,1-2H3,(H,25,30)(H,24,26,27). The van der Waals surface area contributed by atoms with Crippen molar-refractivity contribution in [3.63, 3.8) is 0 Å². The number of likely N-dealkylation sites (tertiary alicyclic amines) is 1. The van der Waals surface area contributed by atoms with Crippen molar-refractivity contribution in [1.82, 2.24) is 29.8 Å². The Morgan fingerprint density at radius 1 is 1.19 bits per heavy atom. The van der Waals surface area contributed by atoms with Crippen LogP contribution in [-0.2, 0) is 4.79 Å². The van der Waals surface area contributed by atoms with Crippen LogP contribution in [0.25, 0.3) is 16.2 Å². The maximum atomic E-state index is 13.4. The second kappa shape index (κ2) is 8.50. The quantitative estimate of drug-likeness (QED) is 0.595. The molecule has 168 valence electrons. The first-order valence-electron chi connectivity index (χ1n) is 11.1. The van der Waals surface area contributed by atoms with Gasteiger partial charge in [0.05, 0.1) is 11.8 Å². The number of rotatable bonds is 6. The van der Waals surface area contributed by atoms with Crippen molar-refractivity contribution in [2.45, 2.75) is 51.6 Å². The van der Waals surface area contributed by atoms with E-state index in [-0.39, 0.29) is 17.9 Å². The minimum atomic E-state index is -0.105. The number of carbonyl (C=O) groups excluding carboxylic acids is 2. The van der Waals surface area contributed by atoms with Crippen LogP contribution >= 0.6 is 11.3 Å². The van der Waals surface area contributed by atoms with Gasteiger partial charge < -0.3 is 15.5 Å². The summed E-state index contributed by atoms with van der Waals surface area (Å²) < 4.78 is 1.80. The number of aromatic nitrogens is 4. The lowest BCUT2D eigenvalue weighted by Gasteiger charge is -2.32. The van der Waals surface area contributed by atoms with Gasteiger partial charge in [-0.15, -0.1) is 11.3 Å². The zero-order chi connectivity index (χ0) is 22.2. The van der Waals surface area contributed by atoms with Crippen molar-refractivity contribution >= 4 is 33.8 Å². The van der Waals surface area contributed by atoms with Crippen molar-refractivity contribution in [1.29, 1.82) is 0 Å². The summed E-state index contributed by atoms with van der Waals surface area (Å²) in [6.07, 6.45) is 7.58. The molecular formula is C22H27N7O2S. The van der Waals surface area contributed by atoms with E-state index in [1.54, 1.807) is 28.1 Å². The van der Waals surface area contributed by atoms with E-state index in [9.17, 15) is 9.59 Å². The molecule has 2 amide bonds. The number of carbonyl (C=O) groups is 2. The SMILES string of the molecule is CC(=O)NC1CCN(C(=O)c2cc(NC(C)C3CC3)nc(-c3cnn4ccsc34)n2)CC1. The van der Waals surface area contributed by atoms with Crippen LogP contribution in [0.4, 0.5) is 5.82 Å². The molecular weight excluding hydrogens is 426 g/mol. The van der Waals surface area contributed by atoms with Gasteiger partial charge in [-0.05, 0) is 38.5 Å². The van der Waals surface area contributed by atoms with Crippen molar-refractivity contribution in [3.05, 3.63) is 29.5 Å². The third-order valence-corrected chi connectivity index (χ3v) is 7.10. The third-order valence-electron chi connectivity index (χ3n) is 6.21. The van der Waals surface area contributed by atoms with Gasteiger partial charge in [-0.25, -0.2) is 14.5 Å². The van der Waals surface area contributed by atoms with Crippen LogP contribution < -0.4 is 10.6 Å². The lowest BCUT2D eigenvalue weighted by molar-refractivity contribution is -0.119. The second-order valence-electron chi connectivity index (χ2n) is 8.71. The van der Waals surface area contributed by atoms with Crippen LogP contribution in [0.2, 0.25) is 0 Å². The van der Waals surface area contributed by atoms with E-state index in [2.05, 4.69) is 27.6 Å². The minimum absolute atomic E-state index is 0.0308. The largest absolute Gasteiger partial charge is 0.367 e. The van der Waals surface area contributed by atoms with E-state index in [1.807, 2.05) is 16.5 Å². The lowest BCUT2D eigenvalue weighted by Crippen LogP contribution is -2.46. The van der Waals surface area contributed by atoms with E-state index in [0.29, 0.717) is 42.4 Å². The monoisotopic (exact) mass is 453 g/mol. The molecule has 1 atom stereocenters. The van der Waals surface area contributed by atoms with Crippen LogP contribution in [0.5, 0.6) is 0 Å². The molecule has 9 nitrogen and oxygen atoms in total. The molecule has 1 aliphatic carbocycles. The molecule has 0 bridgehead atoms. The van der Waals surface area contributed by atoms with Crippen molar-refractivity contribution in [2.75, 3.05) is 18.4 Å². The number of amides is 2. The molecule has 10 heteroatoms. The van der Waals surface area contributed by atoms with Gasteiger partial charge in [0.25, 0.3) is 5.91 Å². The number of nitrogens with one attached hydrogen (secondary N) is 2. The fourth-order valence-electron chi connectivity index (χ4n) is 4.26. The van der Waals surface area contributed by atoms with Crippen LogP contribution in [0.3, 0.4) is 0 Å². The van der Waals surface area contributed by atoms with Crippen LogP contribution in [0.1, 0.15) is 50.0 Å². The first kappa shape index (κ1) is 20.9. The van der Waals surface area contributed by atoms with Crippen molar-refractivity contribution in [3.8, 4) is 11.4 Å². The molecule has 4 heterocycles. The van der Waals surface area contributed by atoms with Gasteiger partial charge in [0, 0.05) is 49.7 Å². The van der Waals surface area contributed by atoms with E-state index < -0.39 is 0 Å². The molecule has 0 aromatic carbocycles. The summed E-state index contributed by atoms with van der Waals surface area (Å²) >= 11 is 1.57. The summed E-state index contributed by atoms with van der Waals surface area (Å²) in [6.45, 7) is 4.87. The molecule has 0 radical (unpaired) electrons. The highest BCUT2D eigenvalue weighted by molar-refractivity contribution is 7.16. The van der Waals surface area contributed by atoms with E-state index in [1.165, 1.54) is 19.8 Å². The van der Waals surface area contributed by atoms with Gasteiger partial charge in [0.2, 0.25) is 5.91 Å². The average molecular weight is 454 g/mol. The molecule has 3 aromatic heterocycles. The summed E-state index contributed by atoms with van der Waals surface area (Å²) in [5, 5.41) is 12.8. The van der Waals surface area contributed by atoms with Gasteiger partial charge in [0.1, 0.15) is 16.3 Å². The Hall–Kier alpha value is -3.01. The Morgan fingerprint density at radius 2 is 1.97 bits per heavy atom. The normalized spacial score (nSPS) is 18.0. The summed E-state index contributed by atoms with van der Waals surface area (Å²) in [5.41, 5.74) is 1.20. The number of anilines is 1. The average Bonchev–Trinajstić information content (AvgIpc) is 3.39. The highest BCUT2D eigenvalue weighted by Gasteiger charge is 2.29. The third kappa shape index (κ3) is 4.32. The Kier molecular flexibility index (Phi) is 5.54. The molecule has 2 fully saturated rings. The Labute approximate surface area is 190 Å². The molecule has 2 N–H and O–H groups in total. The Balaban J connectivity index is 1.42. The summed E-state index contributed by atoms with van der Waals surface area (Å²) in [7, 11) is 0. The fourth-order valence-corrected chi connectivity index (χ4v) is 5.05. The molecule has 32 heavy (non-hydrogen) atoms. The predicted molar refractivity (Wildman–Crippen MR) is 123 cm³/mol. The van der Waals surface area contributed by atoms with E-state index in [0.717, 1.165) is 23.2 Å². The van der Waals surface area contributed by atoms with Crippen LogP contribution in [-0.4, -0.2) is 61.5 Å². The maximum absolute atomic E-state index is 13.4. The summed E-state index contributed by atoms with van der Waals surface area (Å²) in [6, 6.07) is 2.18. The molecule has 0 spiro atoms. The fraction of sp³-hybridized carbons (Fsp3) is 0.500. The second-order valence-corrected chi connectivity index (χ2v) is 9.61. The molecule has 1 saturated heterocycles. The highest BCUT2D eigenvalue weighted by atomic mass is 32.1. The minimum Gasteiger partial charge on any atom is -0.367 e. The zero-order valence-corrected chi connectivity index (χ0v) is 19.1. The first-order chi connectivity index (χ1) is 15.5. The number of hydrogen-bond acceptors (Lipinski definition) is 7. The number of fused-ring (bicyclic) bond motifs is 1. The summed E-state index contributed by atoms with van der Waals surface area (Å²) in [4.78, 5) is 36.8. The molecule has 5 rings (SSSR count). The highest BCUT2D eigenvalue weighted by Crippen LogP contribution is 2.34. The Bertz CT molecular complexity index is 1140. The Morgan fingerprint density at radius 3 is 2.69 bits per heavy atom. The summed E-state index contributed by atoms with van der Waals surface area (Å²) in [5.74, 6) is 1.69. The smallest absolute Gasteiger partial charge is 0.272 e. The van der Waals surface area contributed by atoms with Gasteiger partial charge >= 0.3 is 0 Å². The number of nitrogens with zero attached hydrogens (tertiary/aromatic N) is 5. The zero-order valence-electron chi connectivity index (χ0n) is 18.2. The molecule has 2 aliphatic rings. The topological polar surface area (TPSA) is 105 Å². The van der Waals surface area contributed by atoms with Crippen LogP contribution in [0.15, 0.2) is 23.8 Å². The number of piperidine rings is 1. The lowest BCUT2D eigenvalue weighted by atomic mass is 10.0. The van der Waals surface area contributed by atoms with Crippen LogP contribution in [0, 0.1) is 5.92 Å². The van der Waals surface area contributed by atoms with E-state index in [4.69, 9.17) is 4.98 Å². The number of thiazole rings is 1. The van der Waals surface area contributed by atoms with Gasteiger partial charge in [0.15, 0.2) is 5.82 Å². The van der Waals surface area contributed by atoms with Crippen molar-refractivity contribution in [2.24, 2.45) is 5.92 Å². The molecule has 3 aromatic rings. The molecule has 1 aliphatic heterocycles. The van der Waals surface area contributed by atoms with E-state index >= 15 is 0 Å². The number of hydrogen-bond donors (Lipinski definition) is 2. The van der Waals surface area contributed by atoms with Gasteiger partial charge in [-0.3, -0.25) is 9.59 Å². The molecule has 1 saturated carbocycles. The predicted octanol–water partition coefficient (Wildman–Crippen LogP) is 2.80. The van der Waals surface area contributed by atoms with Crippen molar-refractivity contribution < 1.29 is 9.59 Å². The maximum Gasteiger partial charge on any atom is 0.272 e. The first-order valence-corrected chi connectivity index (χ1v) is 12.0. The van der Waals surface area contributed by atoms with Gasteiger partial charge in [-0.1, -0.05) is 0 Å².